The van der Waals surface area contributed by atoms with Crippen LogP contribution in [0.1, 0.15) is 20.3 Å². The van der Waals surface area contributed by atoms with E-state index < -0.39 is 0 Å². The molecule has 0 radical (unpaired) electrons. The summed E-state index contributed by atoms with van der Waals surface area (Å²) in [7, 11) is -0.370. The molecule has 0 aromatic rings. The second-order valence-electron chi connectivity index (χ2n) is 2.44. The van der Waals surface area contributed by atoms with Gasteiger partial charge < -0.3 is 4.90 Å². The van der Waals surface area contributed by atoms with Gasteiger partial charge in [-0.3, -0.25) is 0 Å². The van der Waals surface area contributed by atoms with Crippen LogP contribution in [-0.2, 0) is 0 Å². The average molecular weight is 192 g/mol. The Hall–Kier alpha value is 0.207. The zero-order valence-corrected chi connectivity index (χ0v) is 9.69. The molecule has 0 saturated heterocycles. The standard InChI is InChI=1S/C8H18ClNSi/c1-3-10(4-2)7-5-6-8-11-9/h6,8H,3-5,7,11H2,1-2H3. The quantitative estimate of drug-likeness (QED) is 0.455. The number of rotatable bonds is 6. The van der Waals surface area contributed by atoms with Gasteiger partial charge in [0.1, 0.15) is 8.83 Å². The van der Waals surface area contributed by atoms with Gasteiger partial charge in [0.2, 0.25) is 0 Å². The van der Waals surface area contributed by atoms with Gasteiger partial charge in [-0.25, -0.2) is 0 Å². The first-order valence-electron chi connectivity index (χ1n) is 4.28. The van der Waals surface area contributed by atoms with Crippen LogP contribution >= 0.6 is 11.1 Å². The summed E-state index contributed by atoms with van der Waals surface area (Å²) in [4.78, 5) is 2.42. The maximum Gasteiger partial charge on any atom is 0.148 e. The minimum absolute atomic E-state index is 0.370. The highest BCUT2D eigenvalue weighted by atomic mass is 35.6. The van der Waals surface area contributed by atoms with Crippen molar-refractivity contribution in [2.45, 2.75) is 20.3 Å². The molecule has 3 heteroatoms. The molecule has 0 aliphatic heterocycles. The first-order chi connectivity index (χ1) is 5.35. The lowest BCUT2D eigenvalue weighted by Crippen LogP contribution is -2.23. The lowest BCUT2D eigenvalue weighted by Gasteiger charge is -2.16. The molecule has 0 rings (SSSR count). The smallest absolute Gasteiger partial charge is 0.148 e. The number of hydrogen-bond acceptors (Lipinski definition) is 1. The summed E-state index contributed by atoms with van der Waals surface area (Å²) < 4.78 is 0. The molecule has 0 aromatic heterocycles. The van der Waals surface area contributed by atoms with Crippen LogP contribution in [0.4, 0.5) is 0 Å². The summed E-state index contributed by atoms with van der Waals surface area (Å²) in [6.07, 6.45) is 3.36. The van der Waals surface area contributed by atoms with E-state index in [4.69, 9.17) is 11.1 Å². The highest BCUT2D eigenvalue weighted by molar-refractivity contribution is 6.96. The Kier molecular flexibility index (Phi) is 8.46. The average Bonchev–Trinajstić information content (AvgIpc) is 2.05. The number of nitrogens with zero attached hydrogens (tertiary/aromatic N) is 1. The number of hydrogen-bond donors (Lipinski definition) is 0. The fourth-order valence-electron chi connectivity index (χ4n) is 0.978. The van der Waals surface area contributed by atoms with Crippen LogP contribution < -0.4 is 0 Å². The molecule has 0 N–H and O–H groups in total. The van der Waals surface area contributed by atoms with Gasteiger partial charge in [0.15, 0.2) is 0 Å². The Morgan fingerprint density at radius 3 is 2.45 bits per heavy atom. The molecule has 0 aliphatic rings. The van der Waals surface area contributed by atoms with Crippen molar-refractivity contribution in [2.24, 2.45) is 0 Å². The summed E-state index contributed by atoms with van der Waals surface area (Å²) >= 11 is 5.62. The van der Waals surface area contributed by atoms with Crippen molar-refractivity contribution in [2.75, 3.05) is 19.6 Å². The van der Waals surface area contributed by atoms with E-state index >= 15 is 0 Å². The van der Waals surface area contributed by atoms with E-state index in [0.29, 0.717) is 0 Å². The molecular formula is C8H18ClNSi. The zero-order chi connectivity index (χ0) is 8.53. The van der Waals surface area contributed by atoms with E-state index in [2.05, 4.69) is 30.5 Å². The Balaban J connectivity index is 3.27. The molecule has 0 bridgehead atoms. The predicted octanol–water partition coefficient (Wildman–Crippen LogP) is 1.55. The van der Waals surface area contributed by atoms with Crippen molar-refractivity contribution in [1.82, 2.24) is 4.90 Å². The molecule has 0 saturated carbocycles. The van der Waals surface area contributed by atoms with Crippen LogP contribution in [0.2, 0.25) is 0 Å². The van der Waals surface area contributed by atoms with E-state index in [1.54, 1.807) is 0 Å². The Bertz CT molecular complexity index is 102. The molecule has 0 unspecified atom stereocenters. The van der Waals surface area contributed by atoms with Crippen LogP contribution in [0, 0.1) is 0 Å². The largest absolute Gasteiger partial charge is 0.304 e. The summed E-state index contributed by atoms with van der Waals surface area (Å²) in [6.45, 7) is 7.88. The zero-order valence-electron chi connectivity index (χ0n) is 7.52. The van der Waals surface area contributed by atoms with Crippen molar-refractivity contribution in [3.63, 3.8) is 0 Å². The van der Waals surface area contributed by atoms with Crippen molar-refractivity contribution in [1.29, 1.82) is 0 Å². The fourth-order valence-corrected chi connectivity index (χ4v) is 1.72. The summed E-state index contributed by atoms with van der Waals surface area (Å²) in [5.74, 6) is 0. The molecule has 11 heavy (non-hydrogen) atoms. The van der Waals surface area contributed by atoms with Crippen LogP contribution in [0.5, 0.6) is 0 Å². The van der Waals surface area contributed by atoms with E-state index in [-0.39, 0.29) is 8.83 Å². The Morgan fingerprint density at radius 1 is 1.36 bits per heavy atom. The lowest BCUT2D eigenvalue weighted by molar-refractivity contribution is 0.310. The van der Waals surface area contributed by atoms with Gasteiger partial charge in [0.05, 0.1) is 0 Å². The van der Waals surface area contributed by atoms with Crippen LogP contribution in [-0.4, -0.2) is 33.4 Å². The molecule has 0 aliphatic carbocycles. The Morgan fingerprint density at radius 2 is 2.00 bits per heavy atom. The van der Waals surface area contributed by atoms with Crippen LogP contribution in [0.3, 0.4) is 0 Å². The molecule has 0 amide bonds. The first-order valence-corrected chi connectivity index (χ1v) is 7.23. The minimum atomic E-state index is -0.370. The van der Waals surface area contributed by atoms with Crippen molar-refractivity contribution >= 4 is 19.9 Å². The Labute approximate surface area is 76.9 Å². The summed E-state index contributed by atoms with van der Waals surface area (Å²) in [5, 5.41) is 0. The lowest BCUT2D eigenvalue weighted by atomic mass is 10.4. The third-order valence-corrected chi connectivity index (χ3v) is 2.81. The van der Waals surface area contributed by atoms with Gasteiger partial charge in [-0.15, -0.1) is 0 Å². The molecule has 0 fully saturated rings. The third-order valence-electron chi connectivity index (χ3n) is 1.76. The second-order valence-corrected chi connectivity index (χ2v) is 4.15. The van der Waals surface area contributed by atoms with Gasteiger partial charge in [0, 0.05) is 6.54 Å². The van der Waals surface area contributed by atoms with E-state index in [9.17, 15) is 0 Å². The fraction of sp³-hybridized carbons (Fsp3) is 0.750. The normalized spacial score (nSPS) is 12.7. The summed E-state index contributed by atoms with van der Waals surface area (Å²) in [5.41, 5.74) is 2.14. The van der Waals surface area contributed by atoms with Crippen LogP contribution in [0.15, 0.2) is 11.8 Å². The maximum atomic E-state index is 5.62. The SMILES string of the molecule is CCN(CC)CCC=C[SiH2]Cl. The van der Waals surface area contributed by atoms with Crippen molar-refractivity contribution in [3.8, 4) is 0 Å². The summed E-state index contributed by atoms with van der Waals surface area (Å²) in [6, 6.07) is 0. The van der Waals surface area contributed by atoms with Gasteiger partial charge in [0.25, 0.3) is 0 Å². The highest BCUT2D eigenvalue weighted by Crippen LogP contribution is 1.91. The van der Waals surface area contributed by atoms with E-state index in [1.807, 2.05) is 0 Å². The van der Waals surface area contributed by atoms with Gasteiger partial charge >= 0.3 is 0 Å². The molecular weight excluding hydrogens is 174 g/mol. The molecule has 66 valence electrons. The van der Waals surface area contributed by atoms with Gasteiger partial charge in [-0.1, -0.05) is 25.6 Å². The van der Waals surface area contributed by atoms with Crippen LogP contribution in [0.25, 0.3) is 0 Å². The minimum Gasteiger partial charge on any atom is -0.304 e. The highest BCUT2D eigenvalue weighted by Gasteiger charge is 1.94. The molecule has 0 heterocycles. The van der Waals surface area contributed by atoms with Crippen molar-refractivity contribution < 1.29 is 0 Å². The molecule has 1 nitrogen and oxygen atoms in total. The van der Waals surface area contributed by atoms with Gasteiger partial charge in [-0.05, 0) is 19.5 Å². The monoisotopic (exact) mass is 191 g/mol. The second kappa shape index (κ2) is 8.30. The maximum absolute atomic E-state index is 5.62. The first kappa shape index (κ1) is 11.2. The molecule has 0 spiro atoms. The van der Waals surface area contributed by atoms with E-state index in [0.717, 1.165) is 19.5 Å². The van der Waals surface area contributed by atoms with Gasteiger partial charge in [-0.2, -0.15) is 11.1 Å². The van der Waals surface area contributed by atoms with Crippen molar-refractivity contribution in [3.05, 3.63) is 11.8 Å². The topological polar surface area (TPSA) is 3.24 Å². The third kappa shape index (κ3) is 6.60. The molecule has 0 aromatic carbocycles. The molecule has 0 atom stereocenters. The predicted molar refractivity (Wildman–Crippen MR) is 55.9 cm³/mol. The number of halogens is 1. The van der Waals surface area contributed by atoms with E-state index in [1.165, 1.54) is 6.54 Å².